The van der Waals surface area contributed by atoms with E-state index < -0.39 is 5.41 Å². The van der Waals surface area contributed by atoms with Crippen molar-refractivity contribution in [3.8, 4) is 0 Å². The van der Waals surface area contributed by atoms with Crippen molar-refractivity contribution in [1.29, 1.82) is 0 Å². The molecule has 70 heavy (non-hydrogen) atoms. The van der Waals surface area contributed by atoms with Crippen molar-refractivity contribution in [2.24, 2.45) is 0 Å². The molecule has 1 aliphatic heterocycles. The van der Waals surface area contributed by atoms with Crippen LogP contribution in [0.5, 0.6) is 0 Å². The average Bonchev–Trinajstić information content (AvgIpc) is 3.36. The highest BCUT2D eigenvalue weighted by molar-refractivity contribution is 5.90. The number of rotatable bonds is 9. The molecule has 0 saturated heterocycles. The fourth-order valence-electron chi connectivity index (χ4n) is 11.1. The summed E-state index contributed by atoms with van der Waals surface area (Å²) in [5.41, 5.74) is 30.2. The molecule has 10 rings (SSSR count). The van der Waals surface area contributed by atoms with E-state index in [1.54, 1.807) is 0 Å². The molecule has 0 aromatic heterocycles. The van der Waals surface area contributed by atoms with Crippen molar-refractivity contribution in [2.75, 3.05) is 14.7 Å². The summed E-state index contributed by atoms with van der Waals surface area (Å²) in [5, 5.41) is 0. The van der Waals surface area contributed by atoms with E-state index in [1.807, 2.05) is 0 Å². The van der Waals surface area contributed by atoms with Crippen molar-refractivity contribution in [1.82, 2.24) is 0 Å². The van der Waals surface area contributed by atoms with Crippen LogP contribution in [0.2, 0.25) is 0 Å². The molecule has 3 heteroatoms. The Morgan fingerprint density at radius 2 is 0.557 bits per heavy atom. The largest absolute Gasteiger partial charge is 0.310 e. The second-order valence-electron chi connectivity index (χ2n) is 20.0. The number of fused-ring (bicyclic) bond motifs is 2. The van der Waals surface area contributed by atoms with Gasteiger partial charge in [0.15, 0.2) is 0 Å². The van der Waals surface area contributed by atoms with Crippen LogP contribution in [0.25, 0.3) is 0 Å². The summed E-state index contributed by atoms with van der Waals surface area (Å²) in [6.45, 7) is 26.8. The molecule has 0 spiro atoms. The fourth-order valence-corrected chi connectivity index (χ4v) is 11.1. The molecule has 0 amide bonds. The van der Waals surface area contributed by atoms with E-state index in [1.165, 1.54) is 89.0 Å². The summed E-state index contributed by atoms with van der Waals surface area (Å²) in [6.07, 6.45) is 0. The van der Waals surface area contributed by atoms with Gasteiger partial charge in [-0.1, -0.05) is 78.9 Å². The zero-order valence-corrected chi connectivity index (χ0v) is 43.1. The number of hydrogen-bond acceptors (Lipinski definition) is 3. The minimum absolute atomic E-state index is 0.687. The normalized spacial score (nSPS) is 12.7. The van der Waals surface area contributed by atoms with Crippen molar-refractivity contribution < 1.29 is 0 Å². The third kappa shape index (κ3) is 7.69. The van der Waals surface area contributed by atoms with E-state index in [0.29, 0.717) is 0 Å². The SMILES string of the molecule is Cc1cc(N(c2ccc(C3(c4ccc(N(c5cc(C)c(C)c(C)c5)c5cc(C)c(C)c(C)c5)cc4)c4ccccc4N(c4ccccc4)c4ccccc43)cc2)c2cc(C)c(C)c(C)c2)cc(C)c1C. The van der Waals surface area contributed by atoms with Crippen LogP contribution in [0, 0.1) is 83.1 Å². The lowest BCUT2D eigenvalue weighted by Gasteiger charge is -2.46. The second kappa shape index (κ2) is 18.0. The number of benzene rings is 9. The molecule has 0 radical (unpaired) electrons. The van der Waals surface area contributed by atoms with Gasteiger partial charge < -0.3 is 14.7 Å². The third-order valence-electron chi connectivity index (χ3n) is 15.9. The monoisotopic (exact) mass is 912 g/mol. The minimum atomic E-state index is -0.687. The predicted molar refractivity (Wildman–Crippen MR) is 299 cm³/mol. The van der Waals surface area contributed by atoms with Gasteiger partial charge in [0.05, 0.1) is 16.8 Å². The third-order valence-corrected chi connectivity index (χ3v) is 15.9. The van der Waals surface area contributed by atoms with Crippen molar-refractivity contribution in [3.63, 3.8) is 0 Å². The molecule has 1 aliphatic rings. The lowest BCUT2D eigenvalue weighted by atomic mass is 9.62. The Bertz CT molecular complexity index is 3030. The molecule has 0 saturated carbocycles. The molecule has 9 aromatic rings. The molecule has 0 bridgehead atoms. The molecule has 3 nitrogen and oxygen atoms in total. The van der Waals surface area contributed by atoms with Crippen LogP contribution in [0.15, 0.2) is 176 Å². The zero-order valence-electron chi connectivity index (χ0n) is 43.1. The van der Waals surface area contributed by atoms with E-state index >= 15 is 0 Å². The van der Waals surface area contributed by atoms with E-state index in [0.717, 1.165) is 51.2 Å². The van der Waals surface area contributed by atoms with Crippen molar-refractivity contribution in [3.05, 3.63) is 265 Å². The number of nitrogens with zero attached hydrogens (tertiary/aromatic N) is 3. The minimum Gasteiger partial charge on any atom is -0.310 e. The average molecular weight is 912 g/mol. The first kappa shape index (κ1) is 46.1. The van der Waals surface area contributed by atoms with Gasteiger partial charge in [-0.2, -0.15) is 0 Å². The maximum atomic E-state index is 2.45. The van der Waals surface area contributed by atoms with Crippen molar-refractivity contribution >= 4 is 51.2 Å². The van der Waals surface area contributed by atoms with Crippen LogP contribution in [0.3, 0.4) is 0 Å². The van der Waals surface area contributed by atoms with Gasteiger partial charge in [-0.25, -0.2) is 0 Å². The molecule has 0 unspecified atom stereocenters. The Labute approximate surface area is 417 Å². The van der Waals surface area contributed by atoms with Crippen LogP contribution in [0.4, 0.5) is 51.2 Å². The standard InChI is InChI=1S/C67H65N3/c1-42-34-59(35-43(2)50(42)9)68(60-36-44(3)51(10)45(4)37-60)57-30-26-54(27-31-57)67(63-22-16-18-24-65(63)70(56-20-14-13-15-21-56)66-25-19-17-23-64(66)67)55-28-32-58(33-29-55)69(61-38-46(5)52(11)47(6)39-61)62-40-48(7)53(12)49(8)41-62/h13-41H,1-12H3. The van der Waals surface area contributed by atoms with Gasteiger partial charge in [0.25, 0.3) is 0 Å². The highest BCUT2D eigenvalue weighted by Gasteiger charge is 2.46. The molecular weight excluding hydrogens is 847 g/mol. The number of para-hydroxylation sites is 3. The van der Waals surface area contributed by atoms with Gasteiger partial charge in [-0.15, -0.1) is 0 Å². The molecule has 0 N–H and O–H groups in total. The maximum absolute atomic E-state index is 2.45. The van der Waals surface area contributed by atoms with Crippen LogP contribution in [-0.2, 0) is 5.41 Å². The van der Waals surface area contributed by atoms with Crippen LogP contribution in [-0.4, -0.2) is 0 Å². The highest BCUT2D eigenvalue weighted by atomic mass is 15.2. The van der Waals surface area contributed by atoms with Crippen LogP contribution in [0.1, 0.15) is 89.0 Å². The first-order chi connectivity index (χ1) is 33.7. The second-order valence-corrected chi connectivity index (χ2v) is 20.0. The fraction of sp³-hybridized carbons (Fsp3) is 0.194. The molecule has 0 fully saturated rings. The number of hydrogen-bond donors (Lipinski definition) is 0. The summed E-state index contributed by atoms with van der Waals surface area (Å²) in [7, 11) is 0. The molecular formula is C67H65N3. The van der Waals surface area contributed by atoms with E-state index in [9.17, 15) is 0 Å². The Morgan fingerprint density at radius 1 is 0.286 bits per heavy atom. The zero-order chi connectivity index (χ0) is 49.2. The molecule has 0 atom stereocenters. The Kier molecular flexibility index (Phi) is 11.9. The van der Waals surface area contributed by atoms with Gasteiger partial charge in [0, 0.05) is 39.8 Å². The summed E-state index contributed by atoms with van der Waals surface area (Å²) in [5.74, 6) is 0. The predicted octanol–water partition coefficient (Wildman–Crippen LogP) is 18.5. The van der Waals surface area contributed by atoms with E-state index in [2.05, 4.69) is 274 Å². The highest BCUT2D eigenvalue weighted by Crippen LogP contribution is 2.58. The van der Waals surface area contributed by atoms with Gasteiger partial charge >= 0.3 is 0 Å². The summed E-state index contributed by atoms with van der Waals surface area (Å²) < 4.78 is 0. The summed E-state index contributed by atoms with van der Waals surface area (Å²) >= 11 is 0. The Morgan fingerprint density at radius 3 is 0.857 bits per heavy atom. The quantitative estimate of drug-likeness (QED) is 0.143. The molecule has 9 aromatic carbocycles. The summed E-state index contributed by atoms with van der Waals surface area (Å²) in [6, 6.07) is 66.6. The first-order valence-electron chi connectivity index (χ1n) is 24.8. The first-order valence-corrected chi connectivity index (χ1v) is 24.8. The Hall–Kier alpha value is -7.62. The van der Waals surface area contributed by atoms with Crippen LogP contribution >= 0.6 is 0 Å². The van der Waals surface area contributed by atoms with E-state index in [4.69, 9.17) is 0 Å². The van der Waals surface area contributed by atoms with Crippen LogP contribution < -0.4 is 14.7 Å². The van der Waals surface area contributed by atoms with Gasteiger partial charge in [-0.3, -0.25) is 0 Å². The Balaban J connectivity index is 1.22. The smallest absolute Gasteiger partial charge is 0.0742 e. The maximum Gasteiger partial charge on any atom is 0.0742 e. The molecule has 0 aliphatic carbocycles. The lowest BCUT2D eigenvalue weighted by molar-refractivity contribution is 0.731. The molecule has 348 valence electrons. The van der Waals surface area contributed by atoms with Crippen molar-refractivity contribution in [2.45, 2.75) is 88.5 Å². The van der Waals surface area contributed by atoms with Gasteiger partial charge in [0.1, 0.15) is 0 Å². The number of anilines is 9. The molecule has 1 heterocycles. The van der Waals surface area contributed by atoms with Gasteiger partial charge in [0.2, 0.25) is 0 Å². The number of aryl methyl sites for hydroxylation is 8. The lowest BCUT2D eigenvalue weighted by Crippen LogP contribution is -2.37. The van der Waals surface area contributed by atoms with E-state index in [-0.39, 0.29) is 0 Å². The topological polar surface area (TPSA) is 9.72 Å². The van der Waals surface area contributed by atoms with Gasteiger partial charge in [-0.05, 0) is 269 Å². The summed E-state index contributed by atoms with van der Waals surface area (Å²) in [4.78, 5) is 7.34.